The summed E-state index contributed by atoms with van der Waals surface area (Å²) in [6, 6.07) is 10.2. The third kappa shape index (κ3) is 4.94. The minimum Gasteiger partial charge on any atom is -0.350 e. The summed E-state index contributed by atoms with van der Waals surface area (Å²) >= 11 is 0. The van der Waals surface area contributed by atoms with Gasteiger partial charge in [0.1, 0.15) is 0 Å². The van der Waals surface area contributed by atoms with Crippen molar-refractivity contribution in [2.45, 2.75) is 51.2 Å². The Labute approximate surface area is 120 Å². The van der Waals surface area contributed by atoms with Gasteiger partial charge in [0.15, 0.2) is 6.29 Å². The highest BCUT2D eigenvalue weighted by molar-refractivity contribution is 5.74. The van der Waals surface area contributed by atoms with Crippen LogP contribution >= 0.6 is 0 Å². The van der Waals surface area contributed by atoms with Crippen molar-refractivity contribution in [2.75, 3.05) is 6.61 Å². The van der Waals surface area contributed by atoms with E-state index in [9.17, 15) is 4.79 Å². The molecule has 0 saturated carbocycles. The fraction of sp³-hybridized carbons (Fsp3) is 0.562. The predicted octanol–water partition coefficient (Wildman–Crippen LogP) is 3.14. The lowest BCUT2D eigenvalue weighted by Crippen LogP contribution is -2.33. The van der Waals surface area contributed by atoms with E-state index < -0.39 is 0 Å². The van der Waals surface area contributed by atoms with Gasteiger partial charge in [-0.05, 0) is 30.7 Å². The van der Waals surface area contributed by atoms with E-state index in [0.717, 1.165) is 25.7 Å². The molecule has 1 aliphatic heterocycles. The Morgan fingerprint density at radius 2 is 2.20 bits per heavy atom. The first-order chi connectivity index (χ1) is 9.75. The quantitative estimate of drug-likeness (QED) is 0.813. The molecule has 0 spiro atoms. The molecule has 1 aromatic rings. The van der Waals surface area contributed by atoms with Crippen LogP contribution in [0.1, 0.15) is 50.5 Å². The van der Waals surface area contributed by atoms with Crippen LogP contribution in [0, 0.1) is 0 Å². The molecule has 1 amide bonds. The van der Waals surface area contributed by atoms with E-state index >= 15 is 0 Å². The van der Waals surface area contributed by atoms with Gasteiger partial charge < -0.3 is 4.74 Å². The van der Waals surface area contributed by atoms with Crippen LogP contribution in [-0.4, -0.2) is 18.8 Å². The minimum atomic E-state index is -0.278. The maximum atomic E-state index is 11.7. The van der Waals surface area contributed by atoms with E-state index in [0.29, 0.717) is 18.9 Å². The van der Waals surface area contributed by atoms with Crippen molar-refractivity contribution in [1.29, 1.82) is 0 Å². The van der Waals surface area contributed by atoms with Gasteiger partial charge in [-0.15, -0.1) is 0 Å². The summed E-state index contributed by atoms with van der Waals surface area (Å²) in [4.78, 5) is 17.0. The number of hydroxylamine groups is 1. The second kappa shape index (κ2) is 8.02. The van der Waals surface area contributed by atoms with E-state index in [1.54, 1.807) is 0 Å². The van der Waals surface area contributed by atoms with Crippen molar-refractivity contribution in [1.82, 2.24) is 5.48 Å². The Balaban J connectivity index is 1.64. The van der Waals surface area contributed by atoms with Gasteiger partial charge in [-0.1, -0.05) is 37.3 Å². The van der Waals surface area contributed by atoms with Crippen molar-refractivity contribution in [2.24, 2.45) is 0 Å². The standard InChI is InChI=1S/C16H23NO3/c1-13(14-7-3-2-4-8-14)10-11-15(18)17-20-16-9-5-6-12-19-16/h2-4,7-8,13,16H,5-6,9-12H2,1H3,(H,17,18)/t13-,16?/m1/s1. The number of benzene rings is 1. The number of carbonyl (C=O) groups is 1. The molecule has 1 fully saturated rings. The van der Waals surface area contributed by atoms with Crippen LogP contribution in [-0.2, 0) is 14.4 Å². The number of ether oxygens (including phenoxy) is 1. The summed E-state index contributed by atoms with van der Waals surface area (Å²) in [7, 11) is 0. The molecule has 0 aromatic heterocycles. The van der Waals surface area contributed by atoms with Crippen LogP contribution < -0.4 is 5.48 Å². The van der Waals surface area contributed by atoms with Crippen molar-refractivity contribution in [3.63, 3.8) is 0 Å². The normalized spacial score (nSPS) is 20.4. The molecule has 1 heterocycles. The zero-order valence-corrected chi connectivity index (χ0v) is 12.0. The fourth-order valence-corrected chi connectivity index (χ4v) is 2.28. The molecule has 1 aliphatic rings. The summed E-state index contributed by atoms with van der Waals surface area (Å²) in [6.07, 6.45) is 4.00. The molecule has 1 aromatic carbocycles. The van der Waals surface area contributed by atoms with E-state index in [2.05, 4.69) is 24.5 Å². The first-order valence-corrected chi connectivity index (χ1v) is 7.37. The molecule has 1 unspecified atom stereocenters. The van der Waals surface area contributed by atoms with Gasteiger partial charge in [-0.3, -0.25) is 4.79 Å². The lowest BCUT2D eigenvalue weighted by Gasteiger charge is -2.22. The maximum absolute atomic E-state index is 11.7. The van der Waals surface area contributed by atoms with Gasteiger partial charge in [0.05, 0.1) is 0 Å². The van der Waals surface area contributed by atoms with Crippen molar-refractivity contribution in [3.05, 3.63) is 35.9 Å². The Kier molecular flexibility index (Phi) is 6.02. The van der Waals surface area contributed by atoms with Crippen molar-refractivity contribution in [3.8, 4) is 0 Å². The number of amides is 1. The molecule has 1 saturated heterocycles. The number of hydrogen-bond donors (Lipinski definition) is 1. The number of hydrogen-bond acceptors (Lipinski definition) is 3. The summed E-state index contributed by atoms with van der Waals surface area (Å²) in [6.45, 7) is 2.85. The van der Waals surface area contributed by atoms with Gasteiger partial charge in [0, 0.05) is 19.4 Å². The molecule has 0 aliphatic carbocycles. The highest BCUT2D eigenvalue weighted by atomic mass is 16.8. The van der Waals surface area contributed by atoms with Gasteiger partial charge in [0.2, 0.25) is 5.91 Å². The summed E-state index contributed by atoms with van der Waals surface area (Å²) < 4.78 is 5.39. The van der Waals surface area contributed by atoms with Crippen LogP contribution in [0.5, 0.6) is 0 Å². The molecular weight excluding hydrogens is 254 g/mol. The topological polar surface area (TPSA) is 47.6 Å². The zero-order chi connectivity index (χ0) is 14.2. The van der Waals surface area contributed by atoms with Crippen LogP contribution in [0.4, 0.5) is 0 Å². The first kappa shape index (κ1) is 15.0. The number of carbonyl (C=O) groups excluding carboxylic acids is 1. The molecule has 2 atom stereocenters. The smallest absolute Gasteiger partial charge is 0.243 e. The average Bonchev–Trinajstić information content (AvgIpc) is 2.52. The fourth-order valence-electron chi connectivity index (χ4n) is 2.28. The van der Waals surface area contributed by atoms with Crippen LogP contribution in [0.3, 0.4) is 0 Å². The van der Waals surface area contributed by atoms with E-state index in [4.69, 9.17) is 9.57 Å². The molecule has 4 nitrogen and oxygen atoms in total. The lowest BCUT2D eigenvalue weighted by atomic mass is 9.96. The van der Waals surface area contributed by atoms with Crippen molar-refractivity contribution < 1.29 is 14.4 Å². The highest BCUT2D eigenvalue weighted by Crippen LogP contribution is 2.20. The molecule has 20 heavy (non-hydrogen) atoms. The van der Waals surface area contributed by atoms with E-state index in [1.807, 2.05) is 18.2 Å². The number of rotatable bonds is 6. The highest BCUT2D eigenvalue weighted by Gasteiger charge is 2.16. The van der Waals surface area contributed by atoms with Crippen LogP contribution in [0.15, 0.2) is 30.3 Å². The zero-order valence-electron chi connectivity index (χ0n) is 12.0. The first-order valence-electron chi connectivity index (χ1n) is 7.37. The summed E-state index contributed by atoms with van der Waals surface area (Å²) in [5.74, 6) is 0.287. The molecule has 4 heteroatoms. The third-order valence-corrected chi connectivity index (χ3v) is 3.62. The predicted molar refractivity (Wildman–Crippen MR) is 76.9 cm³/mol. The second-order valence-corrected chi connectivity index (χ2v) is 5.29. The van der Waals surface area contributed by atoms with Gasteiger partial charge >= 0.3 is 0 Å². The summed E-state index contributed by atoms with van der Waals surface area (Å²) in [5.41, 5.74) is 3.76. The van der Waals surface area contributed by atoms with Gasteiger partial charge in [-0.2, -0.15) is 0 Å². The van der Waals surface area contributed by atoms with Gasteiger partial charge in [-0.25, -0.2) is 10.3 Å². The lowest BCUT2D eigenvalue weighted by molar-refractivity contribution is -0.200. The Morgan fingerprint density at radius 1 is 1.40 bits per heavy atom. The molecule has 0 bridgehead atoms. The van der Waals surface area contributed by atoms with Crippen molar-refractivity contribution >= 4 is 5.91 Å². The Morgan fingerprint density at radius 3 is 2.90 bits per heavy atom. The largest absolute Gasteiger partial charge is 0.350 e. The Bertz CT molecular complexity index is 401. The SMILES string of the molecule is C[C@H](CCC(=O)NOC1CCCCO1)c1ccccc1. The van der Waals surface area contributed by atoms with Gasteiger partial charge in [0.25, 0.3) is 0 Å². The average molecular weight is 277 g/mol. The molecular formula is C16H23NO3. The van der Waals surface area contributed by atoms with Crippen LogP contribution in [0.25, 0.3) is 0 Å². The Hall–Kier alpha value is -1.39. The molecule has 1 N–H and O–H groups in total. The monoisotopic (exact) mass is 277 g/mol. The maximum Gasteiger partial charge on any atom is 0.243 e. The molecule has 2 rings (SSSR count). The van der Waals surface area contributed by atoms with E-state index in [-0.39, 0.29) is 12.2 Å². The second-order valence-electron chi connectivity index (χ2n) is 5.29. The third-order valence-electron chi connectivity index (χ3n) is 3.62. The minimum absolute atomic E-state index is 0.0815. The van der Waals surface area contributed by atoms with E-state index in [1.165, 1.54) is 5.56 Å². The number of nitrogens with one attached hydrogen (secondary N) is 1. The van der Waals surface area contributed by atoms with Crippen LogP contribution in [0.2, 0.25) is 0 Å². The molecule has 110 valence electrons. The molecule has 0 radical (unpaired) electrons. The summed E-state index contributed by atoms with van der Waals surface area (Å²) in [5, 5.41) is 0.